The minimum Gasteiger partial charge on any atom is -0.338 e. The lowest BCUT2D eigenvalue weighted by molar-refractivity contribution is -0.120. The normalized spacial score (nSPS) is 17.1. The lowest BCUT2D eigenvalue weighted by Gasteiger charge is -2.25. The van der Waals surface area contributed by atoms with E-state index in [4.69, 9.17) is 0 Å². The van der Waals surface area contributed by atoms with Crippen LogP contribution in [0.25, 0.3) is 0 Å². The quantitative estimate of drug-likeness (QED) is 0.703. The molecular formula is C10H11NO2S. The van der Waals surface area contributed by atoms with Crippen molar-refractivity contribution < 1.29 is 9.59 Å². The van der Waals surface area contributed by atoms with Crippen LogP contribution in [0.5, 0.6) is 0 Å². The molecule has 14 heavy (non-hydrogen) atoms. The van der Waals surface area contributed by atoms with E-state index < -0.39 is 0 Å². The van der Waals surface area contributed by atoms with Crippen molar-refractivity contribution in [1.82, 2.24) is 4.90 Å². The number of rotatable bonds is 1. The third-order valence-electron chi connectivity index (χ3n) is 2.38. The first-order chi connectivity index (χ1) is 6.77. The van der Waals surface area contributed by atoms with Crippen molar-refractivity contribution in [3.8, 4) is 0 Å². The smallest absolute Gasteiger partial charge is 0.254 e. The van der Waals surface area contributed by atoms with Gasteiger partial charge in [0.2, 0.25) is 0 Å². The third-order valence-corrected chi connectivity index (χ3v) is 3.06. The van der Waals surface area contributed by atoms with Gasteiger partial charge >= 0.3 is 0 Å². The fraction of sp³-hybridized carbons (Fsp3) is 0.400. The minimum absolute atomic E-state index is 0.0544. The van der Waals surface area contributed by atoms with Crippen molar-refractivity contribution in [2.45, 2.75) is 12.8 Å². The molecule has 1 amide bonds. The number of likely N-dealkylation sites (tertiary alicyclic amines) is 1. The van der Waals surface area contributed by atoms with E-state index in [1.165, 1.54) is 11.3 Å². The summed E-state index contributed by atoms with van der Waals surface area (Å²) in [5, 5.41) is 3.74. The first-order valence-electron chi connectivity index (χ1n) is 4.60. The van der Waals surface area contributed by atoms with Crippen LogP contribution in [0.1, 0.15) is 23.2 Å². The summed E-state index contributed by atoms with van der Waals surface area (Å²) in [6.45, 7) is 1.15. The summed E-state index contributed by atoms with van der Waals surface area (Å²) >= 11 is 1.52. The van der Waals surface area contributed by atoms with E-state index >= 15 is 0 Å². The number of nitrogens with zero attached hydrogens (tertiary/aromatic N) is 1. The fourth-order valence-corrected chi connectivity index (χ4v) is 2.16. The van der Waals surface area contributed by atoms with Gasteiger partial charge in [0.05, 0.1) is 5.56 Å². The molecule has 0 N–H and O–H groups in total. The van der Waals surface area contributed by atoms with E-state index in [1.54, 1.807) is 4.90 Å². The van der Waals surface area contributed by atoms with Crippen LogP contribution in [-0.2, 0) is 4.79 Å². The summed E-state index contributed by atoms with van der Waals surface area (Å²) in [6, 6.07) is 1.82. The van der Waals surface area contributed by atoms with Gasteiger partial charge in [-0.3, -0.25) is 9.59 Å². The van der Waals surface area contributed by atoms with Gasteiger partial charge in [0.15, 0.2) is 0 Å². The van der Waals surface area contributed by atoms with Crippen molar-refractivity contribution in [1.29, 1.82) is 0 Å². The van der Waals surface area contributed by atoms with E-state index in [0.717, 1.165) is 5.56 Å². The molecule has 2 rings (SSSR count). The SMILES string of the molecule is O=C1CCN(C(=O)c2ccsc2)CC1. The van der Waals surface area contributed by atoms with E-state index in [0.29, 0.717) is 25.9 Å². The topological polar surface area (TPSA) is 37.4 Å². The largest absolute Gasteiger partial charge is 0.338 e. The van der Waals surface area contributed by atoms with Crippen molar-refractivity contribution >= 4 is 23.0 Å². The Bertz CT molecular complexity index is 335. The Hall–Kier alpha value is -1.16. The molecule has 0 aliphatic carbocycles. The number of amides is 1. The van der Waals surface area contributed by atoms with Crippen LogP contribution in [0.2, 0.25) is 0 Å². The Morgan fingerprint density at radius 2 is 2.07 bits per heavy atom. The number of piperidine rings is 1. The molecule has 1 aliphatic rings. The van der Waals surface area contributed by atoms with E-state index in [1.807, 2.05) is 16.8 Å². The lowest BCUT2D eigenvalue weighted by atomic mass is 10.1. The van der Waals surface area contributed by atoms with Crippen LogP contribution < -0.4 is 0 Å². The Balaban J connectivity index is 2.03. The number of carbonyl (C=O) groups excluding carboxylic acids is 2. The molecule has 1 aliphatic heterocycles. The van der Waals surface area contributed by atoms with Crippen LogP contribution in [-0.4, -0.2) is 29.7 Å². The molecule has 1 aromatic heterocycles. The van der Waals surface area contributed by atoms with Gasteiger partial charge in [0.25, 0.3) is 5.91 Å². The molecule has 0 aromatic carbocycles. The van der Waals surface area contributed by atoms with Crippen LogP contribution in [0.15, 0.2) is 16.8 Å². The zero-order valence-corrected chi connectivity index (χ0v) is 8.55. The molecule has 0 saturated carbocycles. The van der Waals surface area contributed by atoms with E-state index in [9.17, 15) is 9.59 Å². The van der Waals surface area contributed by atoms with Crippen molar-refractivity contribution in [2.75, 3.05) is 13.1 Å². The molecule has 1 aromatic rings. The summed E-state index contributed by atoms with van der Waals surface area (Å²) in [5.74, 6) is 0.318. The first-order valence-corrected chi connectivity index (χ1v) is 5.55. The Morgan fingerprint density at radius 3 is 2.64 bits per heavy atom. The molecule has 0 atom stereocenters. The molecule has 0 spiro atoms. The van der Waals surface area contributed by atoms with Crippen LogP contribution in [0.4, 0.5) is 0 Å². The standard InChI is InChI=1S/C10H11NO2S/c12-9-1-4-11(5-2-9)10(13)8-3-6-14-7-8/h3,6-7H,1-2,4-5H2. The maximum atomic E-state index is 11.8. The molecule has 1 fully saturated rings. The van der Waals surface area contributed by atoms with Gasteiger partial charge in [0.1, 0.15) is 5.78 Å². The summed E-state index contributed by atoms with van der Waals surface area (Å²) in [6.07, 6.45) is 1.02. The van der Waals surface area contributed by atoms with Crippen LogP contribution in [0.3, 0.4) is 0 Å². The monoisotopic (exact) mass is 209 g/mol. The number of thiophene rings is 1. The predicted octanol–water partition coefficient (Wildman–Crippen LogP) is 1.55. The van der Waals surface area contributed by atoms with Crippen LogP contribution >= 0.6 is 11.3 Å². The lowest BCUT2D eigenvalue weighted by Crippen LogP contribution is -2.38. The highest BCUT2D eigenvalue weighted by Crippen LogP contribution is 2.13. The average molecular weight is 209 g/mol. The molecule has 0 bridgehead atoms. The molecule has 0 radical (unpaired) electrons. The Morgan fingerprint density at radius 1 is 1.36 bits per heavy atom. The fourth-order valence-electron chi connectivity index (χ4n) is 1.53. The summed E-state index contributed by atoms with van der Waals surface area (Å²) < 4.78 is 0. The summed E-state index contributed by atoms with van der Waals surface area (Å²) in [4.78, 5) is 24.5. The highest BCUT2D eigenvalue weighted by atomic mass is 32.1. The van der Waals surface area contributed by atoms with Gasteiger partial charge in [-0.1, -0.05) is 0 Å². The van der Waals surface area contributed by atoms with Crippen molar-refractivity contribution in [2.24, 2.45) is 0 Å². The summed E-state index contributed by atoms with van der Waals surface area (Å²) in [5.41, 5.74) is 0.740. The molecule has 3 nitrogen and oxygen atoms in total. The van der Waals surface area contributed by atoms with Gasteiger partial charge in [-0.25, -0.2) is 0 Å². The maximum Gasteiger partial charge on any atom is 0.254 e. The summed E-state index contributed by atoms with van der Waals surface area (Å²) in [7, 11) is 0. The second kappa shape index (κ2) is 3.92. The molecule has 2 heterocycles. The van der Waals surface area contributed by atoms with Crippen LogP contribution in [0, 0.1) is 0 Å². The highest BCUT2D eigenvalue weighted by Gasteiger charge is 2.21. The molecular weight excluding hydrogens is 198 g/mol. The zero-order chi connectivity index (χ0) is 9.97. The average Bonchev–Trinajstić information content (AvgIpc) is 2.71. The first kappa shape index (κ1) is 9.40. The van der Waals surface area contributed by atoms with Gasteiger partial charge < -0.3 is 4.90 Å². The van der Waals surface area contributed by atoms with Gasteiger partial charge in [0, 0.05) is 31.3 Å². The Labute approximate surface area is 86.3 Å². The second-order valence-corrected chi connectivity index (χ2v) is 4.12. The zero-order valence-electron chi connectivity index (χ0n) is 7.73. The predicted molar refractivity (Wildman–Crippen MR) is 54.5 cm³/mol. The van der Waals surface area contributed by atoms with E-state index in [-0.39, 0.29) is 11.7 Å². The molecule has 74 valence electrons. The van der Waals surface area contributed by atoms with E-state index in [2.05, 4.69) is 0 Å². The minimum atomic E-state index is 0.0544. The number of hydrogen-bond acceptors (Lipinski definition) is 3. The number of hydrogen-bond donors (Lipinski definition) is 0. The Kier molecular flexibility index (Phi) is 2.63. The van der Waals surface area contributed by atoms with Gasteiger partial charge in [-0.2, -0.15) is 11.3 Å². The van der Waals surface area contributed by atoms with Crippen molar-refractivity contribution in [3.05, 3.63) is 22.4 Å². The second-order valence-electron chi connectivity index (χ2n) is 3.34. The highest BCUT2D eigenvalue weighted by molar-refractivity contribution is 7.08. The molecule has 0 unspecified atom stereocenters. The number of Topliss-reactive ketones (excluding diaryl/α,β-unsaturated/α-hetero) is 1. The number of carbonyl (C=O) groups is 2. The molecule has 4 heteroatoms. The number of ketones is 1. The van der Waals surface area contributed by atoms with Gasteiger partial charge in [-0.15, -0.1) is 0 Å². The third kappa shape index (κ3) is 1.85. The van der Waals surface area contributed by atoms with Gasteiger partial charge in [-0.05, 0) is 11.4 Å². The van der Waals surface area contributed by atoms with Crippen molar-refractivity contribution in [3.63, 3.8) is 0 Å². The molecule has 1 saturated heterocycles. The maximum absolute atomic E-state index is 11.8.